The van der Waals surface area contributed by atoms with Crippen molar-refractivity contribution in [1.82, 2.24) is 0 Å². The summed E-state index contributed by atoms with van der Waals surface area (Å²) in [6.07, 6.45) is 4.14. The molecule has 2 rings (SSSR count). The van der Waals surface area contributed by atoms with Gasteiger partial charge in [0.15, 0.2) is 0 Å². The molecule has 1 aliphatic carbocycles. The number of carbonyl (C=O) groups is 1. The number of aryl methyl sites for hydroxylation is 1. The van der Waals surface area contributed by atoms with Crippen LogP contribution in [0.5, 0.6) is 0 Å². The zero-order valence-electron chi connectivity index (χ0n) is 8.22. The van der Waals surface area contributed by atoms with Gasteiger partial charge in [-0.15, -0.1) is 0 Å². The Hall–Kier alpha value is -0.630. The first-order valence-electron chi connectivity index (χ1n) is 4.97. The van der Waals surface area contributed by atoms with E-state index in [1.54, 1.807) is 0 Å². The Labute approximate surface area is 92.6 Å². The van der Waals surface area contributed by atoms with Crippen molar-refractivity contribution >= 4 is 22.2 Å². The van der Waals surface area contributed by atoms with Crippen LogP contribution in [0.15, 0.2) is 22.7 Å². The molecule has 0 spiro atoms. The smallest absolute Gasteiger partial charge is 0.130 e. The Morgan fingerprint density at radius 1 is 1.50 bits per heavy atom. The summed E-state index contributed by atoms with van der Waals surface area (Å²) in [5, 5.41) is 0. The van der Waals surface area contributed by atoms with E-state index in [4.69, 9.17) is 0 Å². The van der Waals surface area contributed by atoms with E-state index < -0.39 is 0 Å². The molecule has 1 saturated carbocycles. The lowest BCUT2D eigenvalue weighted by Gasteiger charge is -2.09. The molecular formula is C12H13BrO. The van der Waals surface area contributed by atoms with Crippen LogP contribution in [-0.4, -0.2) is 6.29 Å². The van der Waals surface area contributed by atoms with E-state index in [9.17, 15) is 4.79 Å². The second-order valence-corrected chi connectivity index (χ2v) is 4.79. The lowest BCUT2D eigenvalue weighted by atomic mass is 9.96. The second kappa shape index (κ2) is 3.50. The molecule has 1 aliphatic rings. The molecule has 0 radical (unpaired) electrons. The third-order valence-corrected chi connectivity index (χ3v) is 3.76. The predicted molar refractivity (Wildman–Crippen MR) is 60.5 cm³/mol. The summed E-state index contributed by atoms with van der Waals surface area (Å²) in [6.45, 7) is 2.13. The van der Waals surface area contributed by atoms with Crippen LogP contribution in [0.25, 0.3) is 0 Å². The highest BCUT2D eigenvalue weighted by atomic mass is 79.9. The van der Waals surface area contributed by atoms with Crippen molar-refractivity contribution in [1.29, 1.82) is 0 Å². The van der Waals surface area contributed by atoms with E-state index in [0.29, 0.717) is 0 Å². The molecule has 1 aromatic rings. The molecule has 2 heteroatoms. The van der Waals surface area contributed by atoms with E-state index in [1.807, 2.05) is 0 Å². The first-order chi connectivity index (χ1) is 6.72. The SMILES string of the molecule is CCc1ccc(C2(C=O)CC2)cc1Br. The van der Waals surface area contributed by atoms with Crippen LogP contribution in [0.3, 0.4) is 0 Å². The molecule has 14 heavy (non-hydrogen) atoms. The Bertz CT molecular complexity index is 367. The summed E-state index contributed by atoms with van der Waals surface area (Å²) < 4.78 is 1.13. The third-order valence-electron chi connectivity index (χ3n) is 3.02. The van der Waals surface area contributed by atoms with Crippen LogP contribution in [0.2, 0.25) is 0 Å². The predicted octanol–water partition coefficient (Wildman–Crippen LogP) is 3.24. The fourth-order valence-corrected chi connectivity index (χ4v) is 2.41. The number of hydrogen-bond donors (Lipinski definition) is 0. The molecule has 0 aromatic heterocycles. The lowest BCUT2D eigenvalue weighted by molar-refractivity contribution is -0.109. The van der Waals surface area contributed by atoms with E-state index in [1.165, 1.54) is 5.56 Å². The van der Waals surface area contributed by atoms with Gasteiger partial charge in [0.1, 0.15) is 6.29 Å². The fraction of sp³-hybridized carbons (Fsp3) is 0.417. The zero-order chi connectivity index (χ0) is 10.2. The van der Waals surface area contributed by atoms with E-state index in [2.05, 4.69) is 41.1 Å². The Balaban J connectivity index is 2.38. The van der Waals surface area contributed by atoms with Crippen molar-refractivity contribution in [3.63, 3.8) is 0 Å². The summed E-state index contributed by atoms with van der Waals surface area (Å²) in [5.74, 6) is 0. The maximum absolute atomic E-state index is 10.9. The standard InChI is InChI=1S/C12H13BrO/c1-2-9-3-4-10(7-11(9)13)12(8-14)5-6-12/h3-4,7-8H,2,5-6H2,1H3. The molecule has 0 atom stereocenters. The first kappa shape index (κ1) is 9.91. The van der Waals surface area contributed by atoms with Gasteiger partial charge in [-0.2, -0.15) is 0 Å². The lowest BCUT2D eigenvalue weighted by Crippen LogP contribution is -2.07. The third kappa shape index (κ3) is 1.52. The maximum atomic E-state index is 10.9. The highest BCUT2D eigenvalue weighted by Gasteiger charge is 2.44. The van der Waals surface area contributed by atoms with Gasteiger partial charge in [-0.25, -0.2) is 0 Å². The van der Waals surface area contributed by atoms with Gasteiger partial charge in [-0.1, -0.05) is 35.0 Å². The molecule has 1 aromatic carbocycles. The zero-order valence-corrected chi connectivity index (χ0v) is 9.80. The van der Waals surface area contributed by atoms with E-state index >= 15 is 0 Å². The van der Waals surface area contributed by atoms with Crippen LogP contribution < -0.4 is 0 Å². The van der Waals surface area contributed by atoms with Gasteiger partial charge in [-0.3, -0.25) is 0 Å². The Morgan fingerprint density at radius 2 is 2.21 bits per heavy atom. The normalized spacial score (nSPS) is 17.9. The first-order valence-corrected chi connectivity index (χ1v) is 5.76. The Kier molecular flexibility index (Phi) is 2.48. The highest BCUT2D eigenvalue weighted by molar-refractivity contribution is 9.10. The molecule has 0 aliphatic heterocycles. The van der Waals surface area contributed by atoms with Gasteiger partial charge in [0.2, 0.25) is 0 Å². The summed E-state index contributed by atoms with van der Waals surface area (Å²) in [6, 6.07) is 6.30. The molecule has 0 saturated heterocycles. The minimum absolute atomic E-state index is 0.144. The van der Waals surface area contributed by atoms with Crippen molar-refractivity contribution in [2.75, 3.05) is 0 Å². The van der Waals surface area contributed by atoms with Gasteiger partial charge >= 0.3 is 0 Å². The molecule has 74 valence electrons. The van der Waals surface area contributed by atoms with Crippen LogP contribution in [-0.2, 0) is 16.6 Å². The number of aldehydes is 1. The highest BCUT2D eigenvalue weighted by Crippen LogP contribution is 2.46. The van der Waals surface area contributed by atoms with Crippen molar-refractivity contribution in [3.8, 4) is 0 Å². The largest absolute Gasteiger partial charge is 0.302 e. The quantitative estimate of drug-likeness (QED) is 0.756. The van der Waals surface area contributed by atoms with Crippen LogP contribution in [0, 0.1) is 0 Å². The topological polar surface area (TPSA) is 17.1 Å². The van der Waals surface area contributed by atoms with E-state index in [-0.39, 0.29) is 5.41 Å². The minimum atomic E-state index is -0.144. The minimum Gasteiger partial charge on any atom is -0.302 e. The molecule has 0 amide bonds. The average molecular weight is 253 g/mol. The molecular weight excluding hydrogens is 240 g/mol. The second-order valence-electron chi connectivity index (χ2n) is 3.93. The van der Waals surface area contributed by atoms with Gasteiger partial charge < -0.3 is 4.79 Å². The number of hydrogen-bond acceptors (Lipinski definition) is 1. The van der Waals surface area contributed by atoms with Crippen molar-refractivity contribution in [2.45, 2.75) is 31.6 Å². The van der Waals surface area contributed by atoms with Gasteiger partial charge in [0, 0.05) is 4.47 Å². The van der Waals surface area contributed by atoms with Gasteiger partial charge in [-0.05, 0) is 36.5 Å². The van der Waals surface area contributed by atoms with Crippen LogP contribution in [0.4, 0.5) is 0 Å². The number of benzene rings is 1. The number of halogens is 1. The van der Waals surface area contributed by atoms with Crippen molar-refractivity contribution < 1.29 is 4.79 Å². The molecule has 0 N–H and O–H groups in total. The van der Waals surface area contributed by atoms with Gasteiger partial charge in [0.25, 0.3) is 0 Å². The molecule has 0 bridgehead atoms. The summed E-state index contributed by atoms with van der Waals surface area (Å²) in [4.78, 5) is 10.9. The van der Waals surface area contributed by atoms with Crippen molar-refractivity contribution in [3.05, 3.63) is 33.8 Å². The number of rotatable bonds is 3. The van der Waals surface area contributed by atoms with Crippen molar-refractivity contribution in [2.24, 2.45) is 0 Å². The van der Waals surface area contributed by atoms with Crippen LogP contribution in [0.1, 0.15) is 30.9 Å². The Morgan fingerprint density at radius 3 is 2.64 bits per heavy atom. The van der Waals surface area contributed by atoms with Crippen LogP contribution >= 0.6 is 15.9 Å². The fourth-order valence-electron chi connectivity index (χ4n) is 1.75. The average Bonchev–Trinajstić information content (AvgIpc) is 2.98. The maximum Gasteiger partial charge on any atom is 0.130 e. The van der Waals surface area contributed by atoms with E-state index in [0.717, 1.165) is 35.6 Å². The van der Waals surface area contributed by atoms with Gasteiger partial charge in [0.05, 0.1) is 5.41 Å². The summed E-state index contributed by atoms with van der Waals surface area (Å²) in [7, 11) is 0. The summed E-state index contributed by atoms with van der Waals surface area (Å²) in [5.41, 5.74) is 2.32. The summed E-state index contributed by atoms with van der Waals surface area (Å²) >= 11 is 3.54. The molecule has 1 nitrogen and oxygen atoms in total. The number of carbonyl (C=O) groups excluding carboxylic acids is 1. The molecule has 1 fully saturated rings. The molecule has 0 unspecified atom stereocenters. The monoisotopic (exact) mass is 252 g/mol. The molecule has 0 heterocycles.